The summed E-state index contributed by atoms with van der Waals surface area (Å²) in [5.41, 5.74) is -0.474. The van der Waals surface area contributed by atoms with Crippen LogP contribution in [-0.4, -0.2) is 40.8 Å². The van der Waals surface area contributed by atoms with Crippen LogP contribution < -0.4 is 0 Å². The van der Waals surface area contributed by atoms with E-state index in [1.807, 2.05) is 20.8 Å². The highest BCUT2D eigenvalue weighted by Crippen LogP contribution is 2.41. The number of carboxylic acids is 1. The number of aliphatic carboxylic acids is 1. The number of amides is 1. The Morgan fingerprint density at radius 1 is 1.17 bits per heavy atom. The van der Waals surface area contributed by atoms with Gasteiger partial charge in [0.1, 0.15) is 5.60 Å². The smallest absolute Gasteiger partial charge is 0.410 e. The maximum atomic E-state index is 11.9. The number of carboxylic acid groups (broad SMARTS) is 1. The average molecular weight is 255 g/mol. The Kier molecular flexibility index (Phi) is 3.25. The quantitative estimate of drug-likeness (QED) is 0.777. The van der Waals surface area contributed by atoms with Crippen molar-refractivity contribution in [1.29, 1.82) is 0 Å². The van der Waals surface area contributed by atoms with Gasteiger partial charge < -0.3 is 14.7 Å². The second-order valence-electron chi connectivity index (χ2n) is 6.41. The molecule has 0 unspecified atom stereocenters. The van der Waals surface area contributed by atoms with Crippen LogP contribution in [0.15, 0.2) is 0 Å². The van der Waals surface area contributed by atoms with Gasteiger partial charge in [-0.05, 0) is 45.4 Å². The monoisotopic (exact) mass is 255 g/mol. The van der Waals surface area contributed by atoms with Crippen LogP contribution in [0.4, 0.5) is 4.79 Å². The maximum absolute atomic E-state index is 11.9. The van der Waals surface area contributed by atoms with Crippen LogP contribution in [0.3, 0.4) is 0 Å². The van der Waals surface area contributed by atoms with Crippen LogP contribution in [-0.2, 0) is 9.53 Å². The van der Waals surface area contributed by atoms with Gasteiger partial charge in [0.05, 0.1) is 5.92 Å². The minimum absolute atomic E-state index is 0.221. The van der Waals surface area contributed by atoms with Gasteiger partial charge in [0, 0.05) is 13.1 Å². The summed E-state index contributed by atoms with van der Waals surface area (Å²) < 4.78 is 5.33. The lowest BCUT2D eigenvalue weighted by atomic mass is 10.0. The molecule has 1 heterocycles. The molecule has 1 amide bonds. The molecule has 0 aromatic rings. The molecule has 0 bridgehead atoms. The Hall–Kier alpha value is -1.26. The number of ether oxygens (including phenoxy) is 1. The fraction of sp³-hybridized carbons (Fsp3) is 0.846. The van der Waals surface area contributed by atoms with E-state index in [0.717, 1.165) is 0 Å². The predicted octanol–water partition coefficient (Wildman–Crippen LogP) is 1.96. The van der Waals surface area contributed by atoms with Gasteiger partial charge in [-0.2, -0.15) is 0 Å². The highest BCUT2D eigenvalue weighted by molar-refractivity contribution is 5.71. The number of likely N-dealkylation sites (tertiary alicyclic amines) is 1. The Balaban J connectivity index is 1.89. The summed E-state index contributed by atoms with van der Waals surface area (Å²) in [6, 6.07) is 0. The number of hydrogen-bond donors (Lipinski definition) is 1. The molecule has 1 N–H and O–H groups in total. The normalized spacial score (nSPS) is 31.3. The van der Waals surface area contributed by atoms with Crippen molar-refractivity contribution in [3.05, 3.63) is 0 Å². The number of carbonyl (C=O) groups excluding carboxylic acids is 1. The van der Waals surface area contributed by atoms with Crippen molar-refractivity contribution >= 4 is 12.1 Å². The molecule has 0 radical (unpaired) electrons. The van der Waals surface area contributed by atoms with Crippen molar-refractivity contribution in [3.8, 4) is 0 Å². The lowest BCUT2D eigenvalue weighted by Crippen LogP contribution is -2.36. The summed E-state index contributed by atoms with van der Waals surface area (Å²) >= 11 is 0. The number of nitrogens with zero attached hydrogens (tertiary/aromatic N) is 1. The summed E-state index contributed by atoms with van der Waals surface area (Å²) in [7, 11) is 0. The first kappa shape index (κ1) is 13.2. The molecule has 102 valence electrons. The number of fused-ring (bicyclic) bond motifs is 1. The van der Waals surface area contributed by atoms with Crippen LogP contribution in [0.5, 0.6) is 0 Å². The van der Waals surface area contributed by atoms with E-state index in [9.17, 15) is 9.59 Å². The van der Waals surface area contributed by atoms with E-state index in [1.54, 1.807) is 4.90 Å². The predicted molar refractivity (Wildman–Crippen MR) is 65.1 cm³/mol. The fourth-order valence-electron chi connectivity index (χ4n) is 2.98. The lowest BCUT2D eigenvalue weighted by molar-refractivity contribution is -0.141. The summed E-state index contributed by atoms with van der Waals surface area (Å²) in [6.45, 7) is 6.83. The number of rotatable bonds is 1. The molecular weight excluding hydrogens is 234 g/mol. The molecule has 0 spiro atoms. The molecule has 3 atom stereocenters. The van der Waals surface area contributed by atoms with Crippen LogP contribution >= 0.6 is 0 Å². The molecule has 2 aliphatic rings. The zero-order chi connectivity index (χ0) is 13.5. The zero-order valence-electron chi connectivity index (χ0n) is 11.2. The largest absolute Gasteiger partial charge is 0.481 e. The molecule has 0 aromatic carbocycles. The summed E-state index contributed by atoms with van der Waals surface area (Å²) in [5, 5.41) is 8.99. The maximum Gasteiger partial charge on any atom is 0.410 e. The molecule has 1 aliphatic carbocycles. The highest BCUT2D eigenvalue weighted by atomic mass is 16.6. The van der Waals surface area contributed by atoms with Gasteiger partial charge in [-0.25, -0.2) is 4.79 Å². The third-order valence-corrected chi connectivity index (χ3v) is 3.75. The van der Waals surface area contributed by atoms with Crippen molar-refractivity contribution in [2.75, 3.05) is 13.1 Å². The highest BCUT2D eigenvalue weighted by Gasteiger charge is 2.45. The van der Waals surface area contributed by atoms with E-state index in [0.29, 0.717) is 37.8 Å². The van der Waals surface area contributed by atoms with Gasteiger partial charge in [-0.3, -0.25) is 4.79 Å². The van der Waals surface area contributed by atoms with Crippen LogP contribution in [0.2, 0.25) is 0 Å². The standard InChI is InChI=1S/C13H21NO4/c1-13(2,3)18-12(17)14-6-9-4-8(11(15)16)5-10(9)7-14/h8-10H,4-7H2,1-3H3,(H,15,16)/t8-,9-,10+. The molecular formula is C13H21NO4. The van der Waals surface area contributed by atoms with Gasteiger partial charge in [-0.15, -0.1) is 0 Å². The topological polar surface area (TPSA) is 66.8 Å². The third kappa shape index (κ3) is 2.76. The second kappa shape index (κ2) is 4.44. The van der Waals surface area contributed by atoms with E-state index >= 15 is 0 Å². The summed E-state index contributed by atoms with van der Waals surface area (Å²) in [4.78, 5) is 24.5. The summed E-state index contributed by atoms with van der Waals surface area (Å²) in [6.07, 6.45) is 1.11. The van der Waals surface area contributed by atoms with Gasteiger partial charge in [0.25, 0.3) is 0 Å². The van der Waals surface area contributed by atoms with Crippen molar-refractivity contribution in [2.45, 2.75) is 39.2 Å². The minimum Gasteiger partial charge on any atom is -0.481 e. The average Bonchev–Trinajstić information content (AvgIpc) is 2.69. The summed E-state index contributed by atoms with van der Waals surface area (Å²) in [5.74, 6) is -0.258. The number of hydrogen-bond acceptors (Lipinski definition) is 3. The molecule has 18 heavy (non-hydrogen) atoms. The van der Waals surface area contributed by atoms with E-state index < -0.39 is 11.6 Å². The molecule has 5 nitrogen and oxygen atoms in total. The lowest BCUT2D eigenvalue weighted by Gasteiger charge is -2.25. The van der Waals surface area contributed by atoms with Crippen molar-refractivity contribution in [2.24, 2.45) is 17.8 Å². The van der Waals surface area contributed by atoms with Crippen molar-refractivity contribution in [1.82, 2.24) is 4.90 Å². The van der Waals surface area contributed by atoms with E-state index in [2.05, 4.69) is 0 Å². The molecule has 2 rings (SSSR count). The van der Waals surface area contributed by atoms with Crippen molar-refractivity contribution < 1.29 is 19.4 Å². The SMILES string of the molecule is CC(C)(C)OC(=O)N1C[C@H]2C[C@@H](C(=O)O)C[C@H]2C1. The van der Waals surface area contributed by atoms with Crippen molar-refractivity contribution in [3.63, 3.8) is 0 Å². The first-order valence-electron chi connectivity index (χ1n) is 6.47. The zero-order valence-corrected chi connectivity index (χ0v) is 11.2. The Morgan fingerprint density at radius 3 is 2.06 bits per heavy atom. The van der Waals surface area contributed by atoms with Crippen LogP contribution in [0, 0.1) is 17.8 Å². The molecule has 1 saturated heterocycles. The molecule has 5 heteroatoms. The molecule has 1 saturated carbocycles. The molecule has 0 aromatic heterocycles. The first-order valence-corrected chi connectivity index (χ1v) is 6.47. The Morgan fingerprint density at radius 2 is 1.67 bits per heavy atom. The minimum atomic E-state index is -0.701. The van der Waals surface area contributed by atoms with Gasteiger partial charge >= 0.3 is 12.1 Å². The first-order chi connectivity index (χ1) is 8.26. The van der Waals surface area contributed by atoms with Gasteiger partial charge in [0.15, 0.2) is 0 Å². The van der Waals surface area contributed by atoms with Crippen LogP contribution in [0.1, 0.15) is 33.6 Å². The van der Waals surface area contributed by atoms with E-state index in [4.69, 9.17) is 9.84 Å². The number of carbonyl (C=O) groups is 2. The Labute approximate surface area is 107 Å². The second-order valence-corrected chi connectivity index (χ2v) is 6.41. The molecule has 2 fully saturated rings. The van der Waals surface area contributed by atoms with Gasteiger partial charge in [0.2, 0.25) is 0 Å². The van der Waals surface area contributed by atoms with Crippen LogP contribution in [0.25, 0.3) is 0 Å². The van der Waals surface area contributed by atoms with E-state index in [1.165, 1.54) is 0 Å². The third-order valence-electron chi connectivity index (χ3n) is 3.75. The van der Waals surface area contributed by atoms with E-state index in [-0.39, 0.29) is 12.0 Å². The molecule has 1 aliphatic heterocycles. The fourth-order valence-corrected chi connectivity index (χ4v) is 2.98. The van der Waals surface area contributed by atoms with Gasteiger partial charge in [-0.1, -0.05) is 0 Å². The Bertz CT molecular complexity index is 346.